The zero-order chi connectivity index (χ0) is 20.3. The highest BCUT2D eigenvalue weighted by Crippen LogP contribution is 2.18. The highest BCUT2D eigenvalue weighted by Gasteiger charge is 2.19. The Labute approximate surface area is 169 Å². The van der Waals surface area contributed by atoms with E-state index in [0.717, 1.165) is 12.1 Å². The minimum atomic E-state index is -3.74. The summed E-state index contributed by atoms with van der Waals surface area (Å²) < 4.78 is 29.5. The van der Waals surface area contributed by atoms with Gasteiger partial charge in [0.1, 0.15) is 5.84 Å². The molecule has 2 aromatic carbocycles. The van der Waals surface area contributed by atoms with E-state index >= 15 is 0 Å². The van der Waals surface area contributed by atoms with Crippen molar-refractivity contribution in [1.82, 2.24) is 9.29 Å². The van der Waals surface area contributed by atoms with Gasteiger partial charge in [-0.05, 0) is 55.0 Å². The van der Waals surface area contributed by atoms with Crippen molar-refractivity contribution in [3.05, 3.63) is 78.6 Å². The minimum absolute atomic E-state index is 0.0750. The first kappa shape index (κ1) is 18.9. The van der Waals surface area contributed by atoms with Crippen molar-refractivity contribution in [1.29, 1.82) is 0 Å². The Bertz CT molecular complexity index is 1170. The Morgan fingerprint density at radius 1 is 1.00 bits per heavy atom. The van der Waals surface area contributed by atoms with Crippen LogP contribution in [0.2, 0.25) is 0 Å². The third-order valence-corrected chi connectivity index (χ3v) is 5.92. The molecule has 0 aliphatic carbocycles. The molecule has 0 atom stereocenters. The fourth-order valence-electron chi connectivity index (χ4n) is 3.10. The molecule has 0 saturated heterocycles. The van der Waals surface area contributed by atoms with E-state index in [0.29, 0.717) is 30.1 Å². The van der Waals surface area contributed by atoms with Crippen molar-refractivity contribution in [3.63, 3.8) is 0 Å². The third-order valence-electron chi connectivity index (χ3n) is 4.54. The summed E-state index contributed by atoms with van der Waals surface area (Å²) in [5.74, 6) is 0.156. The van der Waals surface area contributed by atoms with E-state index in [2.05, 4.69) is 15.0 Å². The van der Waals surface area contributed by atoms with Crippen molar-refractivity contribution < 1.29 is 13.2 Å². The van der Waals surface area contributed by atoms with Gasteiger partial charge in [-0.15, -0.1) is 0 Å². The van der Waals surface area contributed by atoms with Gasteiger partial charge in [0.15, 0.2) is 0 Å². The van der Waals surface area contributed by atoms with Crippen molar-refractivity contribution in [2.75, 3.05) is 11.9 Å². The summed E-state index contributed by atoms with van der Waals surface area (Å²) in [6, 6.07) is 17.2. The molecule has 1 aliphatic rings. The number of amidine groups is 1. The SMILES string of the molecule is O=C(Nc1cccc(S(=O)(=O)NC2=NCCC2)c1)c1cccc(-n2cccc2)c1. The van der Waals surface area contributed by atoms with Crippen LogP contribution in [0.5, 0.6) is 0 Å². The van der Waals surface area contributed by atoms with Gasteiger partial charge in [-0.2, -0.15) is 0 Å². The molecule has 0 spiro atoms. The molecule has 8 heteroatoms. The number of hydrogen-bond donors (Lipinski definition) is 2. The van der Waals surface area contributed by atoms with Crippen molar-refractivity contribution in [3.8, 4) is 5.69 Å². The van der Waals surface area contributed by atoms with E-state index in [-0.39, 0.29) is 10.8 Å². The van der Waals surface area contributed by atoms with Crippen LogP contribution >= 0.6 is 0 Å². The number of aliphatic imine (C=N–C) groups is 1. The summed E-state index contributed by atoms with van der Waals surface area (Å²) in [7, 11) is -3.74. The lowest BCUT2D eigenvalue weighted by Gasteiger charge is -2.11. The molecule has 0 bridgehead atoms. The Morgan fingerprint density at radius 3 is 2.55 bits per heavy atom. The van der Waals surface area contributed by atoms with Crippen molar-refractivity contribution >= 4 is 27.5 Å². The fraction of sp³-hybridized carbons (Fsp3) is 0.143. The lowest BCUT2D eigenvalue weighted by molar-refractivity contribution is 0.102. The van der Waals surface area contributed by atoms with Gasteiger partial charge < -0.3 is 9.88 Å². The molecule has 7 nitrogen and oxygen atoms in total. The number of benzene rings is 2. The molecular formula is C21H20N4O3S. The van der Waals surface area contributed by atoms with Gasteiger partial charge >= 0.3 is 0 Å². The average molecular weight is 408 g/mol. The number of hydrogen-bond acceptors (Lipinski definition) is 4. The van der Waals surface area contributed by atoms with Crippen LogP contribution in [0.25, 0.3) is 5.69 Å². The van der Waals surface area contributed by atoms with Gasteiger partial charge in [0.25, 0.3) is 15.9 Å². The third kappa shape index (κ3) is 4.38. The molecule has 0 unspecified atom stereocenters. The van der Waals surface area contributed by atoms with Crippen LogP contribution in [-0.4, -0.2) is 31.3 Å². The smallest absolute Gasteiger partial charge is 0.262 e. The Kier molecular flexibility index (Phi) is 5.18. The lowest BCUT2D eigenvalue weighted by atomic mass is 10.2. The molecule has 2 heterocycles. The number of aromatic nitrogens is 1. The summed E-state index contributed by atoms with van der Waals surface area (Å²) in [4.78, 5) is 16.9. The van der Waals surface area contributed by atoms with Crippen LogP contribution in [-0.2, 0) is 10.0 Å². The van der Waals surface area contributed by atoms with Crippen LogP contribution in [0.3, 0.4) is 0 Å². The zero-order valence-electron chi connectivity index (χ0n) is 15.6. The number of carbonyl (C=O) groups is 1. The molecule has 148 valence electrons. The molecule has 0 radical (unpaired) electrons. The fourth-order valence-corrected chi connectivity index (χ4v) is 4.23. The van der Waals surface area contributed by atoms with E-state index < -0.39 is 10.0 Å². The molecule has 29 heavy (non-hydrogen) atoms. The molecule has 0 fully saturated rings. The maximum Gasteiger partial charge on any atom is 0.262 e. The lowest BCUT2D eigenvalue weighted by Crippen LogP contribution is -2.29. The Balaban J connectivity index is 1.52. The second kappa shape index (κ2) is 7.92. The molecule has 1 amide bonds. The molecular weight excluding hydrogens is 388 g/mol. The van der Waals surface area contributed by atoms with Crippen LogP contribution in [0.15, 0.2) is 82.9 Å². The number of anilines is 1. The summed E-state index contributed by atoms with van der Waals surface area (Å²) >= 11 is 0. The van der Waals surface area contributed by atoms with Gasteiger partial charge in [0.05, 0.1) is 4.90 Å². The number of nitrogens with one attached hydrogen (secondary N) is 2. The van der Waals surface area contributed by atoms with Crippen molar-refractivity contribution in [2.45, 2.75) is 17.7 Å². The monoisotopic (exact) mass is 408 g/mol. The summed E-state index contributed by atoms with van der Waals surface area (Å²) in [5, 5.41) is 2.77. The van der Waals surface area contributed by atoms with Gasteiger partial charge in [0, 0.05) is 42.3 Å². The number of rotatable bonds is 5. The second-order valence-corrected chi connectivity index (χ2v) is 8.34. The first-order chi connectivity index (χ1) is 14.0. The van der Waals surface area contributed by atoms with E-state index in [9.17, 15) is 13.2 Å². The minimum Gasteiger partial charge on any atom is -0.324 e. The molecule has 2 N–H and O–H groups in total. The van der Waals surface area contributed by atoms with E-state index in [1.54, 1.807) is 30.3 Å². The van der Waals surface area contributed by atoms with Crippen LogP contribution < -0.4 is 10.0 Å². The van der Waals surface area contributed by atoms with E-state index in [1.807, 2.05) is 35.2 Å². The van der Waals surface area contributed by atoms with Gasteiger partial charge in [-0.1, -0.05) is 12.1 Å². The van der Waals surface area contributed by atoms with Crippen LogP contribution in [0.1, 0.15) is 23.2 Å². The normalized spacial score (nSPS) is 13.7. The average Bonchev–Trinajstić information content (AvgIpc) is 3.42. The molecule has 1 aliphatic heterocycles. The van der Waals surface area contributed by atoms with Crippen LogP contribution in [0.4, 0.5) is 5.69 Å². The summed E-state index contributed by atoms with van der Waals surface area (Å²) in [6.07, 6.45) is 5.25. The first-order valence-electron chi connectivity index (χ1n) is 9.22. The number of nitrogens with zero attached hydrogens (tertiary/aromatic N) is 2. The molecule has 4 rings (SSSR count). The second-order valence-electron chi connectivity index (χ2n) is 6.66. The zero-order valence-corrected chi connectivity index (χ0v) is 16.4. The molecule has 0 saturated carbocycles. The summed E-state index contributed by atoms with van der Waals surface area (Å²) in [6.45, 7) is 0.635. The van der Waals surface area contributed by atoms with E-state index in [4.69, 9.17) is 0 Å². The largest absolute Gasteiger partial charge is 0.324 e. The predicted octanol–water partition coefficient (Wildman–Crippen LogP) is 3.20. The quantitative estimate of drug-likeness (QED) is 0.679. The number of amides is 1. The first-order valence-corrected chi connectivity index (χ1v) is 10.7. The predicted molar refractivity (Wildman–Crippen MR) is 112 cm³/mol. The topological polar surface area (TPSA) is 92.6 Å². The number of sulfonamides is 1. The van der Waals surface area contributed by atoms with Gasteiger partial charge in [-0.25, -0.2) is 8.42 Å². The van der Waals surface area contributed by atoms with Gasteiger partial charge in [0.2, 0.25) is 0 Å². The maximum atomic E-state index is 12.7. The standard InChI is InChI=1S/C21H20N4O3S/c26-21(16-6-3-8-18(14-16)25-12-1-2-13-25)23-17-7-4-9-19(15-17)29(27,28)24-20-10-5-11-22-20/h1-4,6-9,12-15H,5,10-11H2,(H,22,24)(H,23,26). The van der Waals surface area contributed by atoms with Gasteiger partial charge in [-0.3, -0.25) is 14.5 Å². The van der Waals surface area contributed by atoms with Crippen LogP contribution in [0, 0.1) is 0 Å². The Morgan fingerprint density at radius 2 is 1.79 bits per heavy atom. The molecule has 3 aromatic rings. The number of carbonyl (C=O) groups excluding carboxylic acids is 1. The molecule has 1 aromatic heterocycles. The van der Waals surface area contributed by atoms with Crippen molar-refractivity contribution in [2.24, 2.45) is 4.99 Å². The maximum absolute atomic E-state index is 12.7. The highest BCUT2D eigenvalue weighted by atomic mass is 32.2. The highest BCUT2D eigenvalue weighted by molar-refractivity contribution is 7.90. The van der Waals surface area contributed by atoms with E-state index in [1.165, 1.54) is 12.1 Å². The summed E-state index contributed by atoms with van der Waals surface area (Å²) in [5.41, 5.74) is 1.74. The Hall–Kier alpha value is -3.39.